The van der Waals surface area contributed by atoms with E-state index in [-0.39, 0.29) is 6.10 Å². The fraction of sp³-hybridized carbons (Fsp3) is 0.667. The third-order valence-corrected chi connectivity index (χ3v) is 4.61. The first-order chi connectivity index (χ1) is 11.3. The van der Waals surface area contributed by atoms with Crippen molar-refractivity contribution in [1.82, 2.24) is 9.80 Å². The monoisotopic (exact) mass is 342 g/mol. The molecule has 1 saturated heterocycles. The third-order valence-electron chi connectivity index (χ3n) is 4.61. The first-order valence-corrected chi connectivity index (χ1v) is 8.57. The van der Waals surface area contributed by atoms with Gasteiger partial charge in [0.15, 0.2) is 11.6 Å². The molecule has 136 valence electrons. The molecule has 0 amide bonds. The van der Waals surface area contributed by atoms with Crippen LogP contribution in [-0.4, -0.2) is 65.9 Å². The van der Waals surface area contributed by atoms with E-state index in [2.05, 4.69) is 4.90 Å². The second-order valence-corrected chi connectivity index (χ2v) is 7.00. The van der Waals surface area contributed by atoms with E-state index in [0.717, 1.165) is 51.2 Å². The Hall–Kier alpha value is -1.08. The number of aliphatic hydroxyl groups is 2. The first kappa shape index (κ1) is 19.2. The molecular formula is C18H28F2N2O2. The maximum atomic E-state index is 13.3. The van der Waals surface area contributed by atoms with Crippen LogP contribution < -0.4 is 0 Å². The van der Waals surface area contributed by atoms with Crippen molar-refractivity contribution in [3.8, 4) is 0 Å². The van der Waals surface area contributed by atoms with Gasteiger partial charge >= 0.3 is 0 Å². The Kier molecular flexibility index (Phi) is 7.10. The molecule has 0 aromatic heterocycles. The number of rotatable bonds is 7. The maximum absolute atomic E-state index is 13.3. The molecular weight excluding hydrogens is 314 g/mol. The number of nitrogens with zero attached hydrogens (tertiary/aromatic N) is 2. The standard InChI is InChI=1S/C18H28F2N2O2/c1-13(23)10-22-7-5-14(6-8-22)11-21(2)12-18(24)15-3-4-16(19)17(20)9-15/h3-4,9,13-14,18,23-24H,5-8,10-12H2,1-2H3/t13-,18+/m0/s1. The second-order valence-electron chi connectivity index (χ2n) is 7.00. The van der Waals surface area contributed by atoms with Gasteiger partial charge in [-0.15, -0.1) is 0 Å². The molecule has 2 N–H and O–H groups in total. The Balaban J connectivity index is 1.77. The van der Waals surface area contributed by atoms with Crippen molar-refractivity contribution >= 4 is 0 Å². The Bertz CT molecular complexity index is 520. The SMILES string of the molecule is C[C@H](O)CN1CCC(CN(C)C[C@@H](O)c2ccc(F)c(F)c2)CC1. The van der Waals surface area contributed by atoms with Gasteiger partial charge in [-0.25, -0.2) is 8.78 Å². The summed E-state index contributed by atoms with van der Waals surface area (Å²) in [5.41, 5.74) is 0.396. The summed E-state index contributed by atoms with van der Waals surface area (Å²) in [6.07, 6.45) is 1.01. The normalized spacial score (nSPS) is 19.6. The van der Waals surface area contributed by atoms with Crippen molar-refractivity contribution < 1.29 is 19.0 Å². The molecule has 1 aromatic rings. The van der Waals surface area contributed by atoms with E-state index in [4.69, 9.17) is 0 Å². The first-order valence-electron chi connectivity index (χ1n) is 8.57. The van der Waals surface area contributed by atoms with Gasteiger partial charge < -0.3 is 20.0 Å². The van der Waals surface area contributed by atoms with Gasteiger partial charge in [-0.1, -0.05) is 6.07 Å². The van der Waals surface area contributed by atoms with Crippen LogP contribution in [0.15, 0.2) is 18.2 Å². The Morgan fingerprint density at radius 2 is 1.88 bits per heavy atom. The van der Waals surface area contributed by atoms with Gasteiger partial charge in [-0.3, -0.25) is 0 Å². The van der Waals surface area contributed by atoms with E-state index in [1.54, 1.807) is 6.92 Å². The van der Waals surface area contributed by atoms with Crippen molar-refractivity contribution in [3.05, 3.63) is 35.4 Å². The summed E-state index contributed by atoms with van der Waals surface area (Å²) in [5, 5.41) is 19.6. The van der Waals surface area contributed by atoms with Crippen LogP contribution in [0.25, 0.3) is 0 Å². The molecule has 0 radical (unpaired) electrons. The van der Waals surface area contributed by atoms with Crippen molar-refractivity contribution in [2.45, 2.75) is 32.0 Å². The van der Waals surface area contributed by atoms with Crippen LogP contribution in [0.1, 0.15) is 31.4 Å². The average Bonchev–Trinajstić information content (AvgIpc) is 2.51. The highest BCUT2D eigenvalue weighted by Gasteiger charge is 2.22. The zero-order chi connectivity index (χ0) is 17.7. The van der Waals surface area contributed by atoms with Gasteiger partial charge in [0.05, 0.1) is 12.2 Å². The van der Waals surface area contributed by atoms with E-state index in [0.29, 0.717) is 18.0 Å². The number of β-amino-alcohol motifs (C(OH)–C–C–N with tert-alkyl or cyclic N) is 1. The highest BCUT2D eigenvalue weighted by molar-refractivity contribution is 5.20. The predicted molar refractivity (Wildman–Crippen MR) is 89.7 cm³/mol. The summed E-state index contributed by atoms with van der Waals surface area (Å²) in [7, 11) is 1.94. The fourth-order valence-corrected chi connectivity index (χ4v) is 3.36. The largest absolute Gasteiger partial charge is 0.392 e. The van der Waals surface area contributed by atoms with Crippen molar-refractivity contribution in [3.63, 3.8) is 0 Å². The van der Waals surface area contributed by atoms with Crippen LogP contribution in [-0.2, 0) is 0 Å². The van der Waals surface area contributed by atoms with E-state index in [1.807, 2.05) is 11.9 Å². The molecule has 2 atom stereocenters. The molecule has 0 saturated carbocycles. The zero-order valence-electron chi connectivity index (χ0n) is 14.5. The minimum Gasteiger partial charge on any atom is -0.392 e. The van der Waals surface area contributed by atoms with E-state index in [1.165, 1.54) is 6.07 Å². The molecule has 1 aliphatic heterocycles. The van der Waals surface area contributed by atoms with E-state index in [9.17, 15) is 19.0 Å². The lowest BCUT2D eigenvalue weighted by Gasteiger charge is -2.34. The van der Waals surface area contributed by atoms with Gasteiger partial charge in [0.2, 0.25) is 0 Å². The number of hydrogen-bond donors (Lipinski definition) is 2. The summed E-state index contributed by atoms with van der Waals surface area (Å²) < 4.78 is 26.2. The Labute approximate surface area is 142 Å². The van der Waals surface area contributed by atoms with Crippen LogP contribution in [0.4, 0.5) is 8.78 Å². The average molecular weight is 342 g/mol. The lowest BCUT2D eigenvalue weighted by Crippen LogP contribution is -2.41. The number of halogens is 2. The maximum Gasteiger partial charge on any atom is 0.159 e. The quantitative estimate of drug-likeness (QED) is 0.796. The molecule has 0 bridgehead atoms. The summed E-state index contributed by atoms with van der Waals surface area (Å²) >= 11 is 0. The van der Waals surface area contributed by atoms with Crippen LogP contribution >= 0.6 is 0 Å². The van der Waals surface area contributed by atoms with Crippen LogP contribution in [0.2, 0.25) is 0 Å². The molecule has 1 fully saturated rings. The number of hydrogen-bond acceptors (Lipinski definition) is 4. The van der Waals surface area contributed by atoms with Crippen LogP contribution in [0, 0.1) is 17.6 Å². The molecule has 4 nitrogen and oxygen atoms in total. The topological polar surface area (TPSA) is 46.9 Å². The summed E-state index contributed by atoms with van der Waals surface area (Å²) in [6.45, 7) is 5.74. The number of likely N-dealkylation sites (tertiary alicyclic amines) is 1. The van der Waals surface area contributed by atoms with Gasteiger partial charge in [0.25, 0.3) is 0 Å². The highest BCUT2D eigenvalue weighted by atomic mass is 19.2. The summed E-state index contributed by atoms with van der Waals surface area (Å²) in [6, 6.07) is 3.53. The van der Waals surface area contributed by atoms with Crippen molar-refractivity contribution in [1.29, 1.82) is 0 Å². The molecule has 1 aromatic carbocycles. The minimum absolute atomic E-state index is 0.296. The highest BCUT2D eigenvalue weighted by Crippen LogP contribution is 2.21. The van der Waals surface area contributed by atoms with Crippen LogP contribution in [0.5, 0.6) is 0 Å². The lowest BCUT2D eigenvalue weighted by molar-refractivity contribution is 0.0805. The molecule has 0 spiro atoms. The van der Waals surface area contributed by atoms with Crippen LogP contribution in [0.3, 0.4) is 0 Å². The smallest absolute Gasteiger partial charge is 0.159 e. The summed E-state index contributed by atoms with van der Waals surface area (Å²) in [5.74, 6) is -1.28. The number of piperidine rings is 1. The molecule has 1 heterocycles. The predicted octanol–water partition coefficient (Wildman–Crippen LogP) is 2.02. The van der Waals surface area contributed by atoms with Gasteiger partial charge in [-0.2, -0.15) is 0 Å². The van der Waals surface area contributed by atoms with E-state index < -0.39 is 17.7 Å². The molecule has 1 aliphatic rings. The molecule has 24 heavy (non-hydrogen) atoms. The Morgan fingerprint density at radius 3 is 2.46 bits per heavy atom. The molecule has 6 heteroatoms. The van der Waals surface area contributed by atoms with Gasteiger partial charge in [0, 0.05) is 19.6 Å². The third kappa shape index (κ3) is 5.77. The van der Waals surface area contributed by atoms with Gasteiger partial charge in [-0.05, 0) is 63.5 Å². The fourth-order valence-electron chi connectivity index (χ4n) is 3.36. The number of benzene rings is 1. The summed E-state index contributed by atoms with van der Waals surface area (Å²) in [4.78, 5) is 4.32. The number of likely N-dealkylation sites (N-methyl/N-ethyl adjacent to an activating group) is 1. The molecule has 0 unspecified atom stereocenters. The zero-order valence-corrected chi connectivity index (χ0v) is 14.5. The van der Waals surface area contributed by atoms with Crippen molar-refractivity contribution in [2.75, 3.05) is 39.8 Å². The minimum atomic E-state index is -0.931. The molecule has 2 rings (SSSR count). The second kappa shape index (κ2) is 8.85. The lowest BCUT2D eigenvalue weighted by atomic mass is 9.96. The van der Waals surface area contributed by atoms with Crippen molar-refractivity contribution in [2.24, 2.45) is 5.92 Å². The van der Waals surface area contributed by atoms with E-state index >= 15 is 0 Å². The van der Waals surface area contributed by atoms with Gasteiger partial charge in [0.1, 0.15) is 0 Å². The molecule has 0 aliphatic carbocycles. The number of aliphatic hydroxyl groups excluding tert-OH is 2. The Morgan fingerprint density at radius 1 is 1.21 bits per heavy atom.